The first-order chi connectivity index (χ1) is 4.57. The molecular weight excluding hydrogens is 148 g/mol. The Kier molecular flexibility index (Phi) is 4.52. The summed E-state index contributed by atoms with van der Waals surface area (Å²) in [5.41, 5.74) is 0. The maximum absolute atomic E-state index is 10.3. The molecule has 0 aliphatic heterocycles. The third-order valence-electron chi connectivity index (χ3n) is 1.73. The highest BCUT2D eigenvalue weighted by Crippen LogP contribution is 2.11. The highest BCUT2D eigenvalue weighted by atomic mass is 32.1. The third-order valence-corrected chi connectivity index (χ3v) is 1.84. The number of carbonyl (C=O) groups excluding carboxylic acids is 1. The number of ether oxygens (including phenoxy) is 1. The first-order valence-electron chi connectivity index (χ1n) is 3.47. The van der Waals surface area contributed by atoms with Crippen molar-refractivity contribution in [3.05, 3.63) is 0 Å². The monoisotopic (exact) mass is 162 g/mol. The second-order valence-electron chi connectivity index (χ2n) is 2.47. The minimum absolute atomic E-state index is 0.0185. The van der Waals surface area contributed by atoms with E-state index in [1.54, 1.807) is 0 Å². The van der Waals surface area contributed by atoms with Crippen molar-refractivity contribution < 1.29 is 9.53 Å². The highest BCUT2D eigenvalue weighted by Gasteiger charge is 2.12. The van der Waals surface area contributed by atoms with Gasteiger partial charge in [-0.3, -0.25) is 0 Å². The standard InChI is InChI=1S/C7H14O2S/c1-4-5(2)6(3)9-7(8)10/h5-6H,4H2,1-3H3,(H,8,10). The normalized spacial score (nSPS) is 16.0. The molecule has 10 heavy (non-hydrogen) atoms. The quantitative estimate of drug-likeness (QED) is 0.509. The third kappa shape index (κ3) is 3.77. The summed E-state index contributed by atoms with van der Waals surface area (Å²) in [4.78, 5) is 10.3. The highest BCUT2D eigenvalue weighted by molar-refractivity contribution is 7.96. The van der Waals surface area contributed by atoms with Crippen molar-refractivity contribution in [3.63, 3.8) is 0 Å². The van der Waals surface area contributed by atoms with Gasteiger partial charge in [0.1, 0.15) is 6.10 Å². The average Bonchev–Trinajstić information content (AvgIpc) is 1.85. The molecule has 0 aliphatic rings. The molecule has 2 unspecified atom stereocenters. The Hall–Kier alpha value is -0.180. The minimum Gasteiger partial charge on any atom is -0.454 e. The van der Waals surface area contributed by atoms with Crippen molar-refractivity contribution in [3.8, 4) is 0 Å². The Morgan fingerprint density at radius 1 is 1.60 bits per heavy atom. The van der Waals surface area contributed by atoms with E-state index in [9.17, 15) is 4.79 Å². The summed E-state index contributed by atoms with van der Waals surface area (Å²) >= 11 is 3.51. The van der Waals surface area contributed by atoms with Crippen molar-refractivity contribution in [1.29, 1.82) is 0 Å². The Balaban J connectivity index is 3.61. The topological polar surface area (TPSA) is 26.3 Å². The van der Waals surface area contributed by atoms with Gasteiger partial charge in [-0.25, -0.2) is 4.79 Å². The maximum Gasteiger partial charge on any atom is 0.364 e. The van der Waals surface area contributed by atoms with E-state index in [2.05, 4.69) is 19.6 Å². The van der Waals surface area contributed by atoms with E-state index in [1.807, 2.05) is 13.8 Å². The summed E-state index contributed by atoms with van der Waals surface area (Å²) in [5, 5.41) is -0.493. The molecule has 2 nitrogen and oxygen atoms in total. The molecule has 0 saturated carbocycles. The first kappa shape index (κ1) is 9.82. The molecule has 0 fully saturated rings. The largest absolute Gasteiger partial charge is 0.454 e. The van der Waals surface area contributed by atoms with Crippen LogP contribution in [0.5, 0.6) is 0 Å². The van der Waals surface area contributed by atoms with E-state index < -0.39 is 5.30 Å². The average molecular weight is 162 g/mol. The Bertz CT molecular complexity index is 114. The molecule has 0 aromatic rings. The summed E-state index contributed by atoms with van der Waals surface area (Å²) in [5.74, 6) is 0.413. The molecule has 0 amide bonds. The molecule has 0 heterocycles. The summed E-state index contributed by atoms with van der Waals surface area (Å²) in [6.07, 6.45) is 0.998. The van der Waals surface area contributed by atoms with Gasteiger partial charge < -0.3 is 4.74 Å². The van der Waals surface area contributed by atoms with Gasteiger partial charge in [-0.15, -0.1) is 0 Å². The summed E-state index contributed by atoms with van der Waals surface area (Å²) in [6, 6.07) is 0. The van der Waals surface area contributed by atoms with Crippen LogP contribution in [0.1, 0.15) is 27.2 Å². The lowest BCUT2D eigenvalue weighted by atomic mass is 10.0. The van der Waals surface area contributed by atoms with Gasteiger partial charge in [0.2, 0.25) is 0 Å². The second kappa shape index (κ2) is 4.61. The van der Waals surface area contributed by atoms with Crippen LogP contribution in [-0.4, -0.2) is 11.4 Å². The Morgan fingerprint density at radius 2 is 2.10 bits per heavy atom. The van der Waals surface area contributed by atoms with Crippen LogP contribution in [0.25, 0.3) is 0 Å². The number of hydrogen-bond acceptors (Lipinski definition) is 2. The molecule has 0 N–H and O–H groups in total. The van der Waals surface area contributed by atoms with Gasteiger partial charge in [0.05, 0.1) is 0 Å². The van der Waals surface area contributed by atoms with Gasteiger partial charge in [0, 0.05) is 0 Å². The number of thiol groups is 1. The van der Waals surface area contributed by atoms with Crippen LogP contribution in [-0.2, 0) is 4.74 Å². The van der Waals surface area contributed by atoms with E-state index in [1.165, 1.54) is 0 Å². The van der Waals surface area contributed by atoms with Crippen molar-refractivity contribution in [2.45, 2.75) is 33.3 Å². The molecule has 0 spiro atoms. The molecule has 0 aliphatic carbocycles. The van der Waals surface area contributed by atoms with Gasteiger partial charge >= 0.3 is 5.30 Å². The van der Waals surface area contributed by atoms with Gasteiger partial charge in [0.25, 0.3) is 0 Å². The molecule has 0 bridgehead atoms. The molecule has 3 heteroatoms. The van der Waals surface area contributed by atoms with Gasteiger partial charge in [0.15, 0.2) is 0 Å². The van der Waals surface area contributed by atoms with Crippen LogP contribution >= 0.6 is 12.6 Å². The summed E-state index contributed by atoms with van der Waals surface area (Å²) in [6.45, 7) is 5.98. The minimum atomic E-state index is -0.493. The van der Waals surface area contributed by atoms with Crippen LogP contribution < -0.4 is 0 Å². The zero-order valence-electron chi connectivity index (χ0n) is 6.63. The van der Waals surface area contributed by atoms with Crippen LogP contribution in [0.15, 0.2) is 0 Å². The van der Waals surface area contributed by atoms with E-state index in [4.69, 9.17) is 4.74 Å². The maximum atomic E-state index is 10.3. The molecule has 60 valence electrons. The van der Waals surface area contributed by atoms with E-state index in [0.29, 0.717) is 5.92 Å². The number of carbonyl (C=O) groups is 1. The SMILES string of the molecule is CCC(C)C(C)OC(=O)S. The molecule has 0 aromatic carbocycles. The Labute approximate surface area is 67.4 Å². The fourth-order valence-corrected chi connectivity index (χ4v) is 0.773. The van der Waals surface area contributed by atoms with Crippen LogP contribution in [0.3, 0.4) is 0 Å². The van der Waals surface area contributed by atoms with E-state index in [-0.39, 0.29) is 6.10 Å². The van der Waals surface area contributed by atoms with Crippen molar-refractivity contribution >= 4 is 17.9 Å². The predicted octanol–water partition coefficient (Wildman–Crippen LogP) is 2.49. The van der Waals surface area contributed by atoms with E-state index in [0.717, 1.165) is 6.42 Å². The zero-order valence-corrected chi connectivity index (χ0v) is 7.52. The molecular formula is C7H14O2S. The lowest BCUT2D eigenvalue weighted by Gasteiger charge is -2.16. The molecule has 2 atom stereocenters. The van der Waals surface area contributed by atoms with Crippen LogP contribution in [0, 0.1) is 5.92 Å². The lowest BCUT2D eigenvalue weighted by molar-refractivity contribution is 0.0985. The van der Waals surface area contributed by atoms with Crippen LogP contribution in [0.2, 0.25) is 0 Å². The number of hydrogen-bond donors (Lipinski definition) is 1. The van der Waals surface area contributed by atoms with Gasteiger partial charge in [-0.1, -0.05) is 32.9 Å². The van der Waals surface area contributed by atoms with Crippen LogP contribution in [0.4, 0.5) is 4.79 Å². The smallest absolute Gasteiger partial charge is 0.364 e. The molecule has 0 aromatic heterocycles. The second-order valence-corrected chi connectivity index (χ2v) is 2.84. The number of rotatable bonds is 3. The molecule has 0 rings (SSSR count). The van der Waals surface area contributed by atoms with E-state index >= 15 is 0 Å². The van der Waals surface area contributed by atoms with Gasteiger partial charge in [-0.2, -0.15) is 0 Å². The Morgan fingerprint density at radius 3 is 2.40 bits per heavy atom. The molecule has 0 radical (unpaired) electrons. The van der Waals surface area contributed by atoms with Crippen molar-refractivity contribution in [1.82, 2.24) is 0 Å². The zero-order chi connectivity index (χ0) is 8.15. The predicted molar refractivity (Wildman–Crippen MR) is 44.4 cm³/mol. The summed E-state index contributed by atoms with van der Waals surface area (Å²) < 4.78 is 4.83. The van der Waals surface area contributed by atoms with Crippen molar-refractivity contribution in [2.24, 2.45) is 5.92 Å². The fraction of sp³-hybridized carbons (Fsp3) is 0.857. The first-order valence-corrected chi connectivity index (χ1v) is 3.92. The fourth-order valence-electron chi connectivity index (χ4n) is 0.607. The lowest BCUT2D eigenvalue weighted by Crippen LogP contribution is -2.18. The molecule has 0 saturated heterocycles. The van der Waals surface area contributed by atoms with Gasteiger partial charge in [-0.05, 0) is 12.8 Å². The summed E-state index contributed by atoms with van der Waals surface area (Å²) in [7, 11) is 0. The van der Waals surface area contributed by atoms with Crippen molar-refractivity contribution in [2.75, 3.05) is 0 Å².